The van der Waals surface area contributed by atoms with Crippen molar-refractivity contribution in [2.24, 2.45) is 16.3 Å². The molecular formula is C13H26N2O2. The van der Waals surface area contributed by atoms with E-state index in [0.717, 1.165) is 6.42 Å². The van der Waals surface area contributed by atoms with Gasteiger partial charge in [-0.2, -0.15) is 0 Å². The van der Waals surface area contributed by atoms with Crippen LogP contribution in [0.5, 0.6) is 0 Å². The lowest BCUT2D eigenvalue weighted by Crippen LogP contribution is -2.33. The molecule has 0 amide bonds. The summed E-state index contributed by atoms with van der Waals surface area (Å²) < 4.78 is 5.90. The Morgan fingerprint density at radius 2 is 1.88 bits per heavy atom. The molecule has 4 nitrogen and oxygen atoms in total. The summed E-state index contributed by atoms with van der Waals surface area (Å²) in [6.45, 7) is 4.63. The molecule has 0 aliphatic heterocycles. The Kier molecular flexibility index (Phi) is 5.75. The van der Waals surface area contributed by atoms with Crippen molar-refractivity contribution in [3.63, 3.8) is 0 Å². The molecule has 1 fully saturated rings. The predicted molar refractivity (Wildman–Crippen MR) is 69.2 cm³/mol. The highest BCUT2D eigenvalue weighted by atomic mass is 16.5. The molecule has 0 aromatic rings. The Labute approximate surface area is 104 Å². The molecule has 0 bridgehead atoms. The van der Waals surface area contributed by atoms with Gasteiger partial charge < -0.3 is 15.7 Å². The summed E-state index contributed by atoms with van der Waals surface area (Å²) in [6, 6.07) is 0. The highest BCUT2D eigenvalue weighted by Crippen LogP contribution is 2.23. The Morgan fingerprint density at radius 3 is 2.41 bits per heavy atom. The van der Waals surface area contributed by atoms with Crippen LogP contribution in [0, 0.1) is 5.41 Å². The average Bonchev–Trinajstić information content (AvgIpc) is 2.56. The second-order valence-corrected chi connectivity index (χ2v) is 5.60. The molecular weight excluding hydrogens is 216 g/mol. The molecule has 3 N–H and O–H groups in total. The predicted octanol–water partition coefficient (Wildman–Crippen LogP) is 2.89. The van der Waals surface area contributed by atoms with Crippen LogP contribution in [-0.4, -0.2) is 23.8 Å². The van der Waals surface area contributed by atoms with Crippen molar-refractivity contribution in [1.82, 2.24) is 0 Å². The van der Waals surface area contributed by atoms with Crippen LogP contribution in [0.1, 0.15) is 58.8 Å². The number of amidine groups is 1. The average molecular weight is 242 g/mol. The van der Waals surface area contributed by atoms with E-state index < -0.39 is 0 Å². The van der Waals surface area contributed by atoms with Gasteiger partial charge in [-0.3, -0.25) is 0 Å². The highest BCUT2D eigenvalue weighted by Gasteiger charge is 2.24. The maximum absolute atomic E-state index is 8.68. The van der Waals surface area contributed by atoms with E-state index in [9.17, 15) is 0 Å². The molecule has 1 aliphatic rings. The van der Waals surface area contributed by atoms with E-state index in [1.54, 1.807) is 0 Å². The third-order valence-corrected chi connectivity index (χ3v) is 3.68. The van der Waals surface area contributed by atoms with Gasteiger partial charge in [0.1, 0.15) is 5.84 Å². The SMILES string of the molecule is CC(C)(CCOC1CCCCCC1)C(N)=NO. The molecule has 4 heteroatoms. The first-order valence-corrected chi connectivity index (χ1v) is 6.66. The van der Waals surface area contributed by atoms with Crippen molar-refractivity contribution >= 4 is 5.84 Å². The lowest BCUT2D eigenvalue weighted by Gasteiger charge is -2.24. The van der Waals surface area contributed by atoms with Gasteiger partial charge in [0, 0.05) is 12.0 Å². The number of oxime groups is 1. The van der Waals surface area contributed by atoms with Crippen LogP contribution in [0.4, 0.5) is 0 Å². The van der Waals surface area contributed by atoms with E-state index in [1.165, 1.54) is 38.5 Å². The Hall–Kier alpha value is -0.770. The lowest BCUT2D eigenvalue weighted by atomic mass is 9.88. The van der Waals surface area contributed by atoms with Crippen LogP contribution in [0.3, 0.4) is 0 Å². The summed E-state index contributed by atoms with van der Waals surface area (Å²) in [7, 11) is 0. The van der Waals surface area contributed by atoms with Crippen molar-refractivity contribution < 1.29 is 9.94 Å². The third kappa shape index (κ3) is 4.94. The molecule has 0 atom stereocenters. The fourth-order valence-corrected chi connectivity index (χ4v) is 2.15. The summed E-state index contributed by atoms with van der Waals surface area (Å²) in [4.78, 5) is 0. The maximum Gasteiger partial charge on any atom is 0.144 e. The van der Waals surface area contributed by atoms with Gasteiger partial charge in [0.05, 0.1) is 6.10 Å². The second kappa shape index (κ2) is 6.84. The van der Waals surface area contributed by atoms with Crippen LogP contribution in [0.25, 0.3) is 0 Å². The maximum atomic E-state index is 8.68. The van der Waals surface area contributed by atoms with Crippen molar-refractivity contribution in [3.8, 4) is 0 Å². The first-order valence-electron chi connectivity index (χ1n) is 6.66. The molecule has 0 aromatic heterocycles. The molecule has 0 saturated heterocycles. The summed E-state index contributed by atoms with van der Waals surface area (Å²) in [5.74, 6) is 0.280. The van der Waals surface area contributed by atoms with Crippen molar-refractivity contribution in [2.45, 2.75) is 64.9 Å². The van der Waals surface area contributed by atoms with Crippen molar-refractivity contribution in [3.05, 3.63) is 0 Å². The van der Waals surface area contributed by atoms with Crippen molar-refractivity contribution in [2.75, 3.05) is 6.61 Å². The van der Waals surface area contributed by atoms with Gasteiger partial charge in [0.25, 0.3) is 0 Å². The fourth-order valence-electron chi connectivity index (χ4n) is 2.15. The lowest BCUT2D eigenvalue weighted by molar-refractivity contribution is 0.0329. The van der Waals surface area contributed by atoms with E-state index >= 15 is 0 Å². The normalized spacial score (nSPS) is 20.2. The molecule has 1 rings (SSSR count). The second-order valence-electron chi connectivity index (χ2n) is 5.60. The minimum atomic E-state index is -0.292. The van der Waals surface area contributed by atoms with Gasteiger partial charge in [0.2, 0.25) is 0 Å². The summed E-state index contributed by atoms with van der Waals surface area (Å²) in [5.41, 5.74) is 5.35. The molecule has 0 unspecified atom stereocenters. The van der Waals surface area contributed by atoms with E-state index in [-0.39, 0.29) is 11.3 Å². The number of nitrogens with two attached hydrogens (primary N) is 1. The van der Waals surface area contributed by atoms with Gasteiger partial charge in [-0.15, -0.1) is 0 Å². The van der Waals surface area contributed by atoms with Gasteiger partial charge >= 0.3 is 0 Å². The van der Waals surface area contributed by atoms with Gasteiger partial charge in [-0.1, -0.05) is 44.7 Å². The van der Waals surface area contributed by atoms with E-state index in [2.05, 4.69) is 5.16 Å². The number of hydrogen-bond acceptors (Lipinski definition) is 3. The Balaban J connectivity index is 2.26. The summed E-state index contributed by atoms with van der Waals surface area (Å²) in [5, 5.41) is 11.8. The van der Waals surface area contributed by atoms with Gasteiger partial charge in [-0.25, -0.2) is 0 Å². The molecule has 0 radical (unpaired) electrons. The van der Waals surface area contributed by atoms with E-state index in [1.807, 2.05) is 13.8 Å². The molecule has 1 aliphatic carbocycles. The Bertz CT molecular complexity index is 244. The first-order chi connectivity index (χ1) is 8.06. The standard InChI is InChI=1S/C13H26N2O2/c1-13(2,12(14)15-16)9-10-17-11-7-5-3-4-6-8-11/h11,16H,3-10H2,1-2H3,(H2,14,15). The molecule has 0 spiro atoms. The van der Waals surface area contributed by atoms with Crippen molar-refractivity contribution in [1.29, 1.82) is 0 Å². The van der Waals surface area contributed by atoms with Crippen LogP contribution in [-0.2, 0) is 4.74 Å². The highest BCUT2D eigenvalue weighted by molar-refractivity contribution is 5.85. The van der Waals surface area contributed by atoms with Crippen LogP contribution in [0.2, 0.25) is 0 Å². The third-order valence-electron chi connectivity index (χ3n) is 3.68. The number of ether oxygens (including phenoxy) is 1. The minimum Gasteiger partial charge on any atom is -0.409 e. The monoisotopic (exact) mass is 242 g/mol. The van der Waals surface area contributed by atoms with Gasteiger partial charge in [0.15, 0.2) is 0 Å². The topological polar surface area (TPSA) is 67.8 Å². The molecule has 1 saturated carbocycles. The van der Waals surface area contributed by atoms with Gasteiger partial charge in [-0.05, 0) is 19.3 Å². The molecule has 100 valence electrons. The number of hydrogen-bond donors (Lipinski definition) is 2. The molecule has 0 heterocycles. The van der Waals surface area contributed by atoms with E-state index in [4.69, 9.17) is 15.7 Å². The minimum absolute atomic E-state index is 0.280. The first kappa shape index (κ1) is 14.3. The quantitative estimate of drug-likeness (QED) is 0.256. The smallest absolute Gasteiger partial charge is 0.144 e. The van der Waals surface area contributed by atoms with Crippen LogP contribution < -0.4 is 5.73 Å². The van der Waals surface area contributed by atoms with Crippen LogP contribution >= 0.6 is 0 Å². The summed E-state index contributed by atoms with van der Waals surface area (Å²) >= 11 is 0. The zero-order valence-corrected chi connectivity index (χ0v) is 11.1. The summed E-state index contributed by atoms with van der Waals surface area (Å²) in [6.07, 6.45) is 8.83. The fraction of sp³-hybridized carbons (Fsp3) is 0.923. The largest absolute Gasteiger partial charge is 0.409 e. The number of nitrogens with zero attached hydrogens (tertiary/aromatic N) is 1. The molecule has 0 aromatic carbocycles. The number of rotatable bonds is 5. The molecule has 17 heavy (non-hydrogen) atoms. The zero-order valence-electron chi connectivity index (χ0n) is 11.1. The van der Waals surface area contributed by atoms with Crippen LogP contribution in [0.15, 0.2) is 5.16 Å². The zero-order chi connectivity index (χ0) is 12.7. The Morgan fingerprint density at radius 1 is 1.29 bits per heavy atom. The van der Waals surface area contributed by atoms with E-state index in [0.29, 0.717) is 12.7 Å².